The lowest BCUT2D eigenvalue weighted by molar-refractivity contribution is -0.0145. The molecule has 1 aromatic carbocycles. The molecule has 0 saturated heterocycles. The third-order valence-electron chi connectivity index (χ3n) is 5.31. The number of fused-ring (bicyclic) bond motifs is 3. The van der Waals surface area contributed by atoms with Crippen molar-refractivity contribution < 1.29 is 14.6 Å². The smallest absolute Gasteiger partial charge is 0.163 e. The van der Waals surface area contributed by atoms with Gasteiger partial charge in [-0.2, -0.15) is 0 Å². The van der Waals surface area contributed by atoms with Gasteiger partial charge in [0.2, 0.25) is 0 Å². The summed E-state index contributed by atoms with van der Waals surface area (Å²) in [5.41, 5.74) is 1.05. The Morgan fingerprint density at radius 3 is 2.71 bits per heavy atom. The van der Waals surface area contributed by atoms with Gasteiger partial charge in [0.05, 0.1) is 5.56 Å². The van der Waals surface area contributed by atoms with E-state index in [0.717, 1.165) is 24.2 Å². The summed E-state index contributed by atoms with van der Waals surface area (Å²) < 4.78 is 6.17. The average Bonchev–Trinajstić information content (AvgIpc) is 2.37. The SMILES string of the molecule is CC(=O)c1ccc2c(c1O)C1CC(C)CC[C@H]1C(C)(C)O2. The molecular formula is C18H24O3. The summed E-state index contributed by atoms with van der Waals surface area (Å²) in [4.78, 5) is 11.7. The van der Waals surface area contributed by atoms with Gasteiger partial charge in [0.15, 0.2) is 5.78 Å². The van der Waals surface area contributed by atoms with Crippen LogP contribution in [-0.4, -0.2) is 16.5 Å². The van der Waals surface area contributed by atoms with Crippen molar-refractivity contribution in [3.05, 3.63) is 23.3 Å². The lowest BCUT2D eigenvalue weighted by Crippen LogP contribution is -2.46. The number of carbonyl (C=O) groups excluding carboxylic acids is 1. The summed E-state index contributed by atoms with van der Waals surface area (Å²) in [5, 5.41) is 10.6. The van der Waals surface area contributed by atoms with Crippen molar-refractivity contribution in [3.8, 4) is 11.5 Å². The first-order valence-electron chi connectivity index (χ1n) is 7.87. The molecule has 0 spiro atoms. The molecule has 1 heterocycles. The van der Waals surface area contributed by atoms with E-state index in [1.54, 1.807) is 6.07 Å². The second kappa shape index (κ2) is 4.75. The normalized spacial score (nSPS) is 30.0. The van der Waals surface area contributed by atoms with Gasteiger partial charge in [-0.05, 0) is 57.6 Å². The van der Waals surface area contributed by atoms with Crippen molar-refractivity contribution in [2.75, 3.05) is 0 Å². The maximum Gasteiger partial charge on any atom is 0.163 e. The Morgan fingerprint density at radius 1 is 1.33 bits per heavy atom. The molecule has 0 amide bonds. The summed E-state index contributed by atoms with van der Waals surface area (Å²) in [6.07, 6.45) is 3.37. The van der Waals surface area contributed by atoms with Crippen LogP contribution in [0.2, 0.25) is 0 Å². The van der Waals surface area contributed by atoms with Gasteiger partial charge >= 0.3 is 0 Å². The minimum Gasteiger partial charge on any atom is -0.507 e. The lowest BCUT2D eigenvalue weighted by Gasteiger charge is -2.48. The van der Waals surface area contributed by atoms with Crippen LogP contribution in [-0.2, 0) is 0 Å². The predicted molar refractivity (Wildman–Crippen MR) is 82.1 cm³/mol. The molecule has 1 aliphatic carbocycles. The van der Waals surface area contributed by atoms with Crippen molar-refractivity contribution >= 4 is 5.78 Å². The molecule has 1 saturated carbocycles. The number of hydrogen-bond acceptors (Lipinski definition) is 3. The highest BCUT2D eigenvalue weighted by Gasteiger charge is 2.47. The van der Waals surface area contributed by atoms with Crippen LogP contribution in [0.1, 0.15) is 68.8 Å². The fourth-order valence-corrected chi connectivity index (χ4v) is 4.21. The maximum atomic E-state index is 11.7. The van der Waals surface area contributed by atoms with E-state index in [1.165, 1.54) is 13.3 Å². The second-order valence-electron chi connectivity index (χ2n) is 7.27. The number of aromatic hydroxyl groups is 1. The lowest BCUT2D eigenvalue weighted by atomic mass is 9.64. The number of hydrogen-bond donors (Lipinski definition) is 1. The first-order valence-corrected chi connectivity index (χ1v) is 7.87. The third-order valence-corrected chi connectivity index (χ3v) is 5.31. The van der Waals surface area contributed by atoms with Crippen molar-refractivity contribution in [2.24, 2.45) is 11.8 Å². The molecule has 114 valence electrons. The molecule has 3 atom stereocenters. The predicted octanol–water partition coefficient (Wildman–Crippen LogP) is 4.29. The van der Waals surface area contributed by atoms with Crippen LogP contribution in [0.4, 0.5) is 0 Å². The number of phenolic OH excluding ortho intramolecular Hbond substituents is 1. The maximum absolute atomic E-state index is 11.7. The fraction of sp³-hybridized carbons (Fsp3) is 0.611. The van der Waals surface area contributed by atoms with Crippen molar-refractivity contribution in [2.45, 2.75) is 58.5 Å². The number of Topliss-reactive ketones (excluding diaryl/α,β-unsaturated/α-hetero) is 1. The number of carbonyl (C=O) groups is 1. The van der Waals surface area contributed by atoms with E-state index < -0.39 is 0 Å². The zero-order valence-corrected chi connectivity index (χ0v) is 13.3. The molecule has 0 radical (unpaired) electrons. The van der Waals surface area contributed by atoms with Gasteiger partial charge in [-0.1, -0.05) is 13.3 Å². The zero-order chi connectivity index (χ0) is 15.4. The minimum atomic E-state index is -0.220. The van der Waals surface area contributed by atoms with Crippen molar-refractivity contribution in [1.29, 1.82) is 0 Å². The monoisotopic (exact) mass is 288 g/mol. The van der Waals surface area contributed by atoms with Crippen LogP contribution in [0.15, 0.2) is 12.1 Å². The Labute approximate surface area is 126 Å². The van der Waals surface area contributed by atoms with E-state index in [-0.39, 0.29) is 23.1 Å². The summed E-state index contributed by atoms with van der Waals surface area (Å²) in [5.74, 6) is 2.12. The van der Waals surface area contributed by atoms with Gasteiger partial charge in [0.25, 0.3) is 0 Å². The highest BCUT2D eigenvalue weighted by atomic mass is 16.5. The van der Waals surface area contributed by atoms with Gasteiger partial charge < -0.3 is 9.84 Å². The van der Waals surface area contributed by atoms with E-state index in [0.29, 0.717) is 17.4 Å². The average molecular weight is 288 g/mol. The zero-order valence-electron chi connectivity index (χ0n) is 13.3. The Hall–Kier alpha value is -1.51. The van der Waals surface area contributed by atoms with Crippen LogP contribution in [0.3, 0.4) is 0 Å². The van der Waals surface area contributed by atoms with Crippen LogP contribution in [0.5, 0.6) is 11.5 Å². The molecule has 1 aromatic rings. The molecule has 1 N–H and O–H groups in total. The fourth-order valence-electron chi connectivity index (χ4n) is 4.21. The number of rotatable bonds is 1. The molecule has 0 aromatic heterocycles. The summed E-state index contributed by atoms with van der Waals surface area (Å²) in [6, 6.07) is 3.53. The van der Waals surface area contributed by atoms with Crippen molar-refractivity contribution in [1.82, 2.24) is 0 Å². The molecule has 2 unspecified atom stereocenters. The Balaban J connectivity index is 2.16. The van der Waals surface area contributed by atoms with E-state index in [1.807, 2.05) is 6.07 Å². The standard InChI is InChI=1S/C18H24O3/c1-10-5-7-14-13(9-10)16-15(21-18(14,3)4)8-6-12(11(2)19)17(16)20/h6,8,10,13-14,20H,5,7,9H2,1-4H3/t10?,13?,14-/m1/s1. The van der Waals surface area contributed by atoms with Crippen LogP contribution < -0.4 is 4.74 Å². The van der Waals surface area contributed by atoms with Crippen LogP contribution >= 0.6 is 0 Å². The molecule has 3 rings (SSSR count). The van der Waals surface area contributed by atoms with Gasteiger partial charge in [0, 0.05) is 11.5 Å². The molecule has 0 bridgehead atoms. The van der Waals surface area contributed by atoms with E-state index in [4.69, 9.17) is 4.74 Å². The Morgan fingerprint density at radius 2 is 2.05 bits per heavy atom. The molecule has 3 heteroatoms. The number of phenols is 1. The quantitative estimate of drug-likeness (QED) is 0.784. The summed E-state index contributed by atoms with van der Waals surface area (Å²) in [6.45, 7) is 8.04. The molecule has 2 aliphatic rings. The topological polar surface area (TPSA) is 46.5 Å². The van der Waals surface area contributed by atoms with E-state index in [2.05, 4.69) is 20.8 Å². The number of benzene rings is 1. The van der Waals surface area contributed by atoms with Gasteiger partial charge in [-0.25, -0.2) is 0 Å². The summed E-state index contributed by atoms with van der Waals surface area (Å²) >= 11 is 0. The van der Waals surface area contributed by atoms with Crippen LogP contribution in [0, 0.1) is 11.8 Å². The number of ketones is 1. The van der Waals surface area contributed by atoms with Gasteiger partial charge in [-0.15, -0.1) is 0 Å². The second-order valence-corrected chi connectivity index (χ2v) is 7.27. The highest BCUT2D eigenvalue weighted by Crippen LogP contribution is 2.55. The molecule has 1 aliphatic heterocycles. The van der Waals surface area contributed by atoms with Crippen LogP contribution in [0.25, 0.3) is 0 Å². The number of ether oxygens (including phenoxy) is 1. The van der Waals surface area contributed by atoms with Gasteiger partial charge in [-0.3, -0.25) is 4.79 Å². The highest BCUT2D eigenvalue weighted by molar-refractivity contribution is 5.97. The first-order chi connectivity index (χ1) is 9.81. The van der Waals surface area contributed by atoms with Crippen molar-refractivity contribution in [3.63, 3.8) is 0 Å². The van der Waals surface area contributed by atoms with E-state index in [9.17, 15) is 9.90 Å². The molecular weight excluding hydrogens is 264 g/mol. The van der Waals surface area contributed by atoms with E-state index >= 15 is 0 Å². The molecule has 3 nitrogen and oxygen atoms in total. The largest absolute Gasteiger partial charge is 0.507 e. The summed E-state index contributed by atoms with van der Waals surface area (Å²) in [7, 11) is 0. The minimum absolute atomic E-state index is 0.0967. The Kier molecular flexibility index (Phi) is 3.27. The first kappa shape index (κ1) is 14.4. The Bertz CT molecular complexity index is 588. The molecule has 1 fully saturated rings. The molecule has 21 heavy (non-hydrogen) atoms. The van der Waals surface area contributed by atoms with Gasteiger partial charge in [0.1, 0.15) is 17.1 Å². The third kappa shape index (κ3) is 2.23.